The molecule has 0 radical (unpaired) electrons. The maximum absolute atomic E-state index is 11.8. The molecule has 1 fully saturated rings. The normalized spacial score (nSPS) is 21.6. The third kappa shape index (κ3) is 4.48. The van der Waals surface area contributed by atoms with E-state index in [0.717, 1.165) is 0 Å². The molecule has 1 aromatic rings. The Kier molecular flexibility index (Phi) is 5.20. The van der Waals surface area contributed by atoms with Crippen molar-refractivity contribution in [3.8, 4) is 0 Å². The molecule has 1 aromatic carbocycles. The number of hydrogen-bond acceptors (Lipinski definition) is 2. The summed E-state index contributed by atoms with van der Waals surface area (Å²) in [5.74, 6) is 0.241. The van der Waals surface area contributed by atoms with Gasteiger partial charge in [0.25, 0.3) is 0 Å². The Bertz CT molecular complexity index is 499. The second kappa shape index (κ2) is 7.11. The van der Waals surface area contributed by atoms with E-state index in [0.29, 0.717) is 24.1 Å². The number of benzene rings is 1. The lowest BCUT2D eigenvalue weighted by Gasteiger charge is -2.28. The first kappa shape index (κ1) is 15.4. The summed E-state index contributed by atoms with van der Waals surface area (Å²) >= 11 is 0. The van der Waals surface area contributed by atoms with Gasteiger partial charge < -0.3 is 15.7 Å². The summed E-state index contributed by atoms with van der Waals surface area (Å²) in [4.78, 5) is 22.6. The molecule has 0 spiro atoms. The molecule has 0 aliphatic heterocycles. The van der Waals surface area contributed by atoms with Crippen molar-refractivity contribution in [2.75, 3.05) is 11.9 Å². The minimum absolute atomic E-state index is 0.206. The number of rotatable bonds is 4. The van der Waals surface area contributed by atoms with Crippen molar-refractivity contribution in [3.63, 3.8) is 0 Å². The van der Waals surface area contributed by atoms with Crippen LogP contribution in [-0.4, -0.2) is 23.7 Å². The quantitative estimate of drug-likeness (QED) is 0.795. The van der Waals surface area contributed by atoms with Crippen molar-refractivity contribution in [1.29, 1.82) is 0 Å². The molecule has 0 heterocycles. The third-order valence-corrected chi connectivity index (χ3v) is 4.20. The minimum Gasteiger partial charge on any atom is -0.478 e. The molecule has 3 N–H and O–H groups in total. The van der Waals surface area contributed by atoms with Crippen LogP contribution in [-0.2, 0) is 0 Å². The first-order valence-corrected chi connectivity index (χ1v) is 7.44. The van der Waals surface area contributed by atoms with Gasteiger partial charge in [-0.3, -0.25) is 0 Å². The number of carboxylic acids is 1. The van der Waals surface area contributed by atoms with E-state index in [9.17, 15) is 9.59 Å². The summed E-state index contributed by atoms with van der Waals surface area (Å²) in [6.07, 6.45) is 4.95. The highest BCUT2D eigenvalue weighted by Crippen LogP contribution is 2.28. The lowest BCUT2D eigenvalue weighted by molar-refractivity contribution is 0.0697. The van der Waals surface area contributed by atoms with Gasteiger partial charge in [-0.25, -0.2) is 9.59 Å². The SMILES string of the molecule is CC1CCCCC1CNC(=O)Nc1ccc(C(=O)O)cc1. The van der Waals surface area contributed by atoms with Gasteiger partial charge in [0.05, 0.1) is 5.56 Å². The van der Waals surface area contributed by atoms with Crippen LogP contribution in [0.5, 0.6) is 0 Å². The van der Waals surface area contributed by atoms with Gasteiger partial charge in [-0.2, -0.15) is 0 Å². The van der Waals surface area contributed by atoms with E-state index in [4.69, 9.17) is 5.11 Å². The summed E-state index contributed by atoms with van der Waals surface area (Å²) in [5.41, 5.74) is 0.797. The van der Waals surface area contributed by atoms with E-state index in [-0.39, 0.29) is 11.6 Å². The van der Waals surface area contributed by atoms with Crippen LogP contribution >= 0.6 is 0 Å². The summed E-state index contributed by atoms with van der Waals surface area (Å²) in [5, 5.41) is 14.4. The molecule has 5 heteroatoms. The van der Waals surface area contributed by atoms with Crippen molar-refractivity contribution in [3.05, 3.63) is 29.8 Å². The highest BCUT2D eigenvalue weighted by Gasteiger charge is 2.21. The molecular formula is C16H22N2O3. The van der Waals surface area contributed by atoms with Crippen LogP contribution in [0.15, 0.2) is 24.3 Å². The van der Waals surface area contributed by atoms with Crippen molar-refractivity contribution >= 4 is 17.7 Å². The average molecular weight is 290 g/mol. The second-order valence-corrected chi connectivity index (χ2v) is 5.74. The van der Waals surface area contributed by atoms with Crippen LogP contribution in [0, 0.1) is 11.8 Å². The second-order valence-electron chi connectivity index (χ2n) is 5.74. The standard InChI is InChI=1S/C16H22N2O3/c1-11-4-2-3-5-13(11)10-17-16(21)18-14-8-6-12(7-9-14)15(19)20/h6-9,11,13H,2-5,10H2,1H3,(H,19,20)(H2,17,18,21). The Morgan fingerprint density at radius 1 is 1.19 bits per heavy atom. The molecule has 0 bridgehead atoms. The molecule has 2 atom stereocenters. The monoisotopic (exact) mass is 290 g/mol. The van der Waals surface area contributed by atoms with Crippen LogP contribution < -0.4 is 10.6 Å². The zero-order valence-electron chi connectivity index (χ0n) is 12.3. The number of hydrogen-bond donors (Lipinski definition) is 3. The van der Waals surface area contributed by atoms with E-state index in [1.807, 2.05) is 0 Å². The zero-order chi connectivity index (χ0) is 15.2. The van der Waals surface area contributed by atoms with E-state index < -0.39 is 5.97 Å². The van der Waals surface area contributed by atoms with Crippen LogP contribution in [0.1, 0.15) is 43.0 Å². The summed E-state index contributed by atoms with van der Waals surface area (Å²) in [6.45, 7) is 2.94. The molecule has 1 aliphatic carbocycles. The van der Waals surface area contributed by atoms with Gasteiger partial charge in [-0.05, 0) is 42.5 Å². The molecule has 2 amide bonds. The first-order chi connectivity index (χ1) is 10.1. The highest BCUT2D eigenvalue weighted by atomic mass is 16.4. The molecule has 0 aromatic heterocycles. The van der Waals surface area contributed by atoms with Gasteiger partial charge in [-0.1, -0.05) is 26.2 Å². The maximum atomic E-state index is 11.8. The van der Waals surface area contributed by atoms with Crippen LogP contribution in [0.2, 0.25) is 0 Å². The summed E-state index contributed by atoms with van der Waals surface area (Å²) in [7, 11) is 0. The zero-order valence-corrected chi connectivity index (χ0v) is 12.3. The molecule has 0 saturated heterocycles. The number of amides is 2. The number of anilines is 1. The number of aromatic carboxylic acids is 1. The molecule has 21 heavy (non-hydrogen) atoms. The van der Waals surface area contributed by atoms with Crippen molar-refractivity contribution in [2.45, 2.75) is 32.6 Å². The van der Waals surface area contributed by atoms with Crippen molar-refractivity contribution < 1.29 is 14.7 Å². The van der Waals surface area contributed by atoms with Crippen molar-refractivity contribution in [1.82, 2.24) is 5.32 Å². The molecule has 1 aliphatic rings. The van der Waals surface area contributed by atoms with E-state index in [2.05, 4.69) is 17.6 Å². The van der Waals surface area contributed by atoms with E-state index in [1.165, 1.54) is 37.8 Å². The van der Waals surface area contributed by atoms with Crippen LogP contribution in [0.3, 0.4) is 0 Å². The lowest BCUT2D eigenvalue weighted by atomic mass is 9.80. The Morgan fingerprint density at radius 2 is 1.86 bits per heavy atom. The van der Waals surface area contributed by atoms with E-state index in [1.54, 1.807) is 12.1 Å². The fourth-order valence-corrected chi connectivity index (χ4v) is 2.79. The highest BCUT2D eigenvalue weighted by molar-refractivity contribution is 5.91. The molecule has 114 valence electrons. The first-order valence-electron chi connectivity index (χ1n) is 7.44. The number of nitrogens with one attached hydrogen (secondary N) is 2. The fraction of sp³-hybridized carbons (Fsp3) is 0.500. The smallest absolute Gasteiger partial charge is 0.335 e. The Labute approximate surface area is 124 Å². The molecular weight excluding hydrogens is 268 g/mol. The van der Waals surface area contributed by atoms with Gasteiger partial charge in [0.15, 0.2) is 0 Å². The van der Waals surface area contributed by atoms with Gasteiger partial charge in [0.2, 0.25) is 0 Å². The topological polar surface area (TPSA) is 78.4 Å². The molecule has 1 saturated carbocycles. The minimum atomic E-state index is -0.975. The maximum Gasteiger partial charge on any atom is 0.335 e. The van der Waals surface area contributed by atoms with E-state index >= 15 is 0 Å². The molecule has 2 unspecified atom stereocenters. The number of urea groups is 1. The average Bonchev–Trinajstić information content (AvgIpc) is 2.47. The van der Waals surface area contributed by atoms with Crippen LogP contribution in [0.4, 0.5) is 10.5 Å². The number of carboxylic acid groups (broad SMARTS) is 1. The Balaban J connectivity index is 1.80. The third-order valence-electron chi connectivity index (χ3n) is 4.20. The largest absolute Gasteiger partial charge is 0.478 e. The van der Waals surface area contributed by atoms with Gasteiger partial charge in [-0.15, -0.1) is 0 Å². The van der Waals surface area contributed by atoms with Gasteiger partial charge in [0, 0.05) is 12.2 Å². The lowest BCUT2D eigenvalue weighted by Crippen LogP contribution is -2.36. The Hall–Kier alpha value is -2.04. The predicted octanol–water partition coefficient (Wildman–Crippen LogP) is 3.33. The summed E-state index contributed by atoms with van der Waals surface area (Å²) < 4.78 is 0. The Morgan fingerprint density at radius 3 is 2.48 bits per heavy atom. The molecule has 5 nitrogen and oxygen atoms in total. The van der Waals surface area contributed by atoms with Crippen molar-refractivity contribution in [2.24, 2.45) is 11.8 Å². The fourth-order valence-electron chi connectivity index (χ4n) is 2.79. The van der Waals surface area contributed by atoms with Gasteiger partial charge >= 0.3 is 12.0 Å². The van der Waals surface area contributed by atoms with Crippen LogP contribution in [0.25, 0.3) is 0 Å². The summed E-state index contributed by atoms with van der Waals surface area (Å²) in [6, 6.07) is 5.89. The van der Waals surface area contributed by atoms with Gasteiger partial charge in [0.1, 0.15) is 0 Å². The number of carbonyl (C=O) groups is 2. The number of carbonyl (C=O) groups excluding carboxylic acids is 1. The predicted molar refractivity (Wildman–Crippen MR) is 81.5 cm³/mol. The molecule has 2 rings (SSSR count).